The zero-order valence-corrected chi connectivity index (χ0v) is 17.8. The van der Waals surface area contributed by atoms with Crippen LogP contribution >= 0.6 is 0 Å². The van der Waals surface area contributed by atoms with Gasteiger partial charge in [-0.25, -0.2) is 4.79 Å². The molecule has 3 atom stereocenters. The molecule has 0 saturated carbocycles. The number of esters is 1. The van der Waals surface area contributed by atoms with E-state index < -0.39 is 30.5 Å². The van der Waals surface area contributed by atoms with Gasteiger partial charge in [-0.1, -0.05) is 58.1 Å². The van der Waals surface area contributed by atoms with Gasteiger partial charge in [0, 0.05) is 0 Å². The molecule has 6 heteroatoms. The van der Waals surface area contributed by atoms with Crippen molar-refractivity contribution in [2.24, 2.45) is 11.8 Å². The van der Waals surface area contributed by atoms with Gasteiger partial charge in [0.25, 0.3) is 0 Å². The SMILES string of the molecule is CC(=CCCOC1=C(O)C(=O)OC1C(O)CO)CCCC(C)CCCC(C)C. The number of ether oxygens (including phenoxy) is 2. The number of aliphatic hydroxyl groups is 3. The van der Waals surface area contributed by atoms with E-state index in [1.807, 2.05) is 0 Å². The third kappa shape index (κ3) is 8.65. The molecule has 0 saturated heterocycles. The minimum absolute atomic E-state index is 0.104. The standard InChI is InChI=1S/C22H38O6/c1-15(2)8-5-9-16(3)10-6-11-17(4)12-7-13-27-21-19(25)22(26)28-20(21)18(24)14-23/h12,15-16,18,20,23-25H,5-11,13-14H2,1-4H3. The maximum Gasteiger partial charge on any atom is 0.378 e. The van der Waals surface area contributed by atoms with Crippen LogP contribution in [-0.2, 0) is 14.3 Å². The maximum absolute atomic E-state index is 11.4. The van der Waals surface area contributed by atoms with Crippen LogP contribution in [-0.4, -0.2) is 46.7 Å². The van der Waals surface area contributed by atoms with Crippen molar-refractivity contribution in [1.29, 1.82) is 0 Å². The lowest BCUT2D eigenvalue weighted by atomic mass is 9.94. The lowest BCUT2D eigenvalue weighted by molar-refractivity contribution is -0.148. The summed E-state index contributed by atoms with van der Waals surface area (Å²) in [5.74, 6) is -0.132. The molecule has 1 aliphatic heterocycles. The van der Waals surface area contributed by atoms with Gasteiger partial charge in [0.2, 0.25) is 5.76 Å². The van der Waals surface area contributed by atoms with Gasteiger partial charge in [0.15, 0.2) is 11.9 Å². The number of rotatable bonds is 14. The largest absolute Gasteiger partial charge is 0.499 e. The molecule has 162 valence electrons. The topological polar surface area (TPSA) is 96.2 Å². The van der Waals surface area contributed by atoms with Crippen molar-refractivity contribution in [2.45, 2.75) is 84.8 Å². The Labute approximate surface area is 169 Å². The Hall–Kier alpha value is -1.53. The molecule has 0 amide bonds. The van der Waals surface area contributed by atoms with Crippen LogP contribution in [0.4, 0.5) is 0 Å². The van der Waals surface area contributed by atoms with E-state index in [0.717, 1.165) is 18.3 Å². The fourth-order valence-electron chi connectivity index (χ4n) is 3.28. The first kappa shape index (κ1) is 24.5. The molecule has 0 aliphatic carbocycles. The van der Waals surface area contributed by atoms with Crippen LogP contribution in [0, 0.1) is 11.8 Å². The fraction of sp³-hybridized carbons (Fsp3) is 0.773. The molecule has 0 aromatic heterocycles. The van der Waals surface area contributed by atoms with Gasteiger partial charge in [0.1, 0.15) is 6.10 Å². The normalized spacial score (nSPS) is 19.9. The van der Waals surface area contributed by atoms with E-state index in [0.29, 0.717) is 6.42 Å². The summed E-state index contributed by atoms with van der Waals surface area (Å²) < 4.78 is 10.3. The smallest absolute Gasteiger partial charge is 0.378 e. The zero-order valence-electron chi connectivity index (χ0n) is 17.8. The van der Waals surface area contributed by atoms with Crippen molar-refractivity contribution in [3.05, 3.63) is 23.2 Å². The summed E-state index contributed by atoms with van der Waals surface area (Å²) in [6.45, 7) is 8.64. The highest BCUT2D eigenvalue weighted by molar-refractivity contribution is 5.89. The minimum Gasteiger partial charge on any atom is -0.499 e. The van der Waals surface area contributed by atoms with Crippen LogP contribution in [0.25, 0.3) is 0 Å². The van der Waals surface area contributed by atoms with E-state index in [-0.39, 0.29) is 12.4 Å². The van der Waals surface area contributed by atoms with E-state index in [4.69, 9.17) is 14.6 Å². The molecule has 3 unspecified atom stereocenters. The predicted molar refractivity (Wildman–Crippen MR) is 109 cm³/mol. The summed E-state index contributed by atoms with van der Waals surface area (Å²) in [7, 11) is 0. The molecule has 1 aliphatic rings. The summed E-state index contributed by atoms with van der Waals surface area (Å²) >= 11 is 0. The molecule has 0 aromatic carbocycles. The monoisotopic (exact) mass is 398 g/mol. The number of hydrogen-bond acceptors (Lipinski definition) is 6. The number of allylic oxidation sites excluding steroid dienone is 1. The second kappa shape index (κ2) is 12.8. The molecule has 1 heterocycles. The highest BCUT2D eigenvalue weighted by Crippen LogP contribution is 2.25. The lowest BCUT2D eigenvalue weighted by Crippen LogP contribution is -2.32. The molecule has 0 radical (unpaired) electrons. The minimum atomic E-state index is -1.32. The lowest BCUT2D eigenvalue weighted by Gasteiger charge is -2.18. The highest BCUT2D eigenvalue weighted by Gasteiger charge is 2.40. The third-order valence-electron chi connectivity index (χ3n) is 5.07. The van der Waals surface area contributed by atoms with Crippen LogP contribution in [0.1, 0.15) is 72.6 Å². The molecule has 3 N–H and O–H groups in total. The van der Waals surface area contributed by atoms with E-state index in [1.165, 1.54) is 37.7 Å². The summed E-state index contributed by atoms with van der Waals surface area (Å²) in [4.78, 5) is 11.4. The van der Waals surface area contributed by atoms with Gasteiger partial charge in [-0.15, -0.1) is 0 Å². The summed E-state index contributed by atoms with van der Waals surface area (Å²) in [5, 5.41) is 28.4. The Bertz CT molecular complexity index is 537. The molecular formula is C22H38O6. The van der Waals surface area contributed by atoms with E-state index in [1.54, 1.807) is 0 Å². The molecule has 1 rings (SSSR count). The molecule has 0 bridgehead atoms. The quantitative estimate of drug-likeness (QED) is 0.232. The highest BCUT2D eigenvalue weighted by atomic mass is 16.6. The van der Waals surface area contributed by atoms with Crippen LogP contribution in [0.2, 0.25) is 0 Å². The van der Waals surface area contributed by atoms with Crippen LogP contribution in [0.3, 0.4) is 0 Å². The fourth-order valence-corrected chi connectivity index (χ4v) is 3.28. The molecule has 0 spiro atoms. The summed E-state index contributed by atoms with van der Waals surface area (Å²) in [6.07, 6.45) is 7.63. The van der Waals surface area contributed by atoms with Crippen molar-refractivity contribution in [3.63, 3.8) is 0 Å². The average molecular weight is 399 g/mol. The molecule has 28 heavy (non-hydrogen) atoms. The Morgan fingerprint density at radius 3 is 2.54 bits per heavy atom. The maximum atomic E-state index is 11.4. The predicted octanol–water partition coefficient (Wildman–Crippen LogP) is 4.02. The first-order valence-corrected chi connectivity index (χ1v) is 10.5. The first-order chi connectivity index (χ1) is 13.3. The van der Waals surface area contributed by atoms with Crippen LogP contribution in [0.15, 0.2) is 23.2 Å². The van der Waals surface area contributed by atoms with Crippen LogP contribution < -0.4 is 0 Å². The first-order valence-electron chi connectivity index (χ1n) is 10.5. The van der Waals surface area contributed by atoms with Gasteiger partial charge >= 0.3 is 5.97 Å². The Morgan fingerprint density at radius 1 is 1.21 bits per heavy atom. The third-order valence-corrected chi connectivity index (χ3v) is 5.07. The number of hydrogen-bond donors (Lipinski definition) is 3. The van der Waals surface area contributed by atoms with Crippen molar-refractivity contribution < 1.29 is 29.6 Å². The number of aliphatic hydroxyl groups excluding tert-OH is 3. The molecule has 0 aromatic rings. The van der Waals surface area contributed by atoms with Crippen molar-refractivity contribution >= 4 is 5.97 Å². The second-order valence-corrected chi connectivity index (χ2v) is 8.30. The number of carbonyl (C=O) groups excluding carboxylic acids is 1. The van der Waals surface area contributed by atoms with E-state index in [9.17, 15) is 15.0 Å². The van der Waals surface area contributed by atoms with Gasteiger partial charge in [-0.3, -0.25) is 0 Å². The van der Waals surface area contributed by atoms with Crippen molar-refractivity contribution in [3.8, 4) is 0 Å². The van der Waals surface area contributed by atoms with Gasteiger partial charge < -0.3 is 24.8 Å². The summed E-state index contributed by atoms with van der Waals surface area (Å²) in [5.41, 5.74) is 1.29. The molecule has 6 nitrogen and oxygen atoms in total. The summed E-state index contributed by atoms with van der Waals surface area (Å²) in [6, 6.07) is 0. The van der Waals surface area contributed by atoms with Gasteiger partial charge in [-0.05, 0) is 38.0 Å². The van der Waals surface area contributed by atoms with E-state index in [2.05, 4.69) is 33.8 Å². The Kier molecular flexibility index (Phi) is 11.2. The van der Waals surface area contributed by atoms with Crippen LogP contribution in [0.5, 0.6) is 0 Å². The average Bonchev–Trinajstić information content (AvgIpc) is 2.92. The van der Waals surface area contributed by atoms with Gasteiger partial charge in [0.05, 0.1) is 13.2 Å². The van der Waals surface area contributed by atoms with Crippen molar-refractivity contribution in [2.75, 3.05) is 13.2 Å². The zero-order chi connectivity index (χ0) is 21.1. The Balaban J connectivity index is 2.28. The van der Waals surface area contributed by atoms with Gasteiger partial charge in [-0.2, -0.15) is 0 Å². The van der Waals surface area contributed by atoms with Crippen molar-refractivity contribution in [1.82, 2.24) is 0 Å². The van der Waals surface area contributed by atoms with E-state index >= 15 is 0 Å². The Morgan fingerprint density at radius 2 is 1.89 bits per heavy atom. The number of carbonyl (C=O) groups is 1. The second-order valence-electron chi connectivity index (χ2n) is 8.30. The molecular weight excluding hydrogens is 360 g/mol. The molecule has 0 fully saturated rings. The number of cyclic esters (lactones) is 1.